The van der Waals surface area contributed by atoms with Gasteiger partial charge in [-0.1, -0.05) is 0 Å². The van der Waals surface area contributed by atoms with E-state index in [4.69, 9.17) is 19.2 Å². The minimum Gasteiger partial charge on any atom is -0.822 e. The molecule has 0 aliphatic carbocycles. The van der Waals surface area contributed by atoms with Crippen molar-refractivity contribution in [3.63, 3.8) is 0 Å². The van der Waals surface area contributed by atoms with Crippen LogP contribution in [0.1, 0.15) is 213 Å². The van der Waals surface area contributed by atoms with Crippen LogP contribution in [0.2, 0.25) is 7.55 Å². The van der Waals surface area contributed by atoms with Crippen LogP contribution < -0.4 is 14.7 Å². The summed E-state index contributed by atoms with van der Waals surface area (Å²) in [6.07, 6.45) is 44.2. The van der Waals surface area contributed by atoms with Crippen LogP contribution in [0.15, 0.2) is 0 Å². The van der Waals surface area contributed by atoms with Gasteiger partial charge in [0.15, 0.2) is 0 Å². The van der Waals surface area contributed by atoms with E-state index >= 15 is 0 Å². The Morgan fingerprint density at radius 1 is 0.318 bits per heavy atom. The Balaban J connectivity index is -0.000000253. The molecular weight excluding hydrogens is 648 g/mol. The standard InChI is InChI=1S/3C12H25.3Ca.H3O4P/c3*1-3-5-7-9-11-12-10-8-6-4-2;;;;1-5(2,3)4/h3*1,3-12H2,2H3;;;;(H3,1,2,3,4)/q;;;3*+1;/p-3. The van der Waals surface area contributed by atoms with Crippen LogP contribution in [0, 0.1) is 0 Å². The van der Waals surface area contributed by atoms with E-state index in [9.17, 15) is 0 Å². The van der Waals surface area contributed by atoms with Gasteiger partial charge in [0.25, 0.3) is 0 Å². The van der Waals surface area contributed by atoms with Crippen LogP contribution in [0.4, 0.5) is 0 Å². The van der Waals surface area contributed by atoms with Crippen molar-refractivity contribution >= 4 is 115 Å². The monoisotopic (exact) mass is 722 g/mol. The minimum absolute atomic E-state index is 1.38. The molecule has 0 saturated heterocycles. The zero-order chi connectivity index (χ0) is 33.8. The van der Waals surface area contributed by atoms with E-state index in [0.717, 1.165) is 0 Å². The Kier molecular flexibility index (Phi) is 66.7. The van der Waals surface area contributed by atoms with Crippen molar-refractivity contribution in [3.05, 3.63) is 0 Å². The van der Waals surface area contributed by atoms with Gasteiger partial charge in [-0.15, -0.1) is 0 Å². The first-order valence-electron chi connectivity index (χ1n) is 19.4. The summed E-state index contributed by atoms with van der Waals surface area (Å²) >= 11 is 4.49. The van der Waals surface area contributed by atoms with Crippen molar-refractivity contribution in [1.29, 1.82) is 0 Å². The number of hydrogen-bond donors (Lipinski definition) is 0. The van der Waals surface area contributed by atoms with Crippen molar-refractivity contribution in [2.45, 2.75) is 221 Å². The molecule has 0 aromatic heterocycles. The smallest absolute Gasteiger partial charge is 0.159 e. The van der Waals surface area contributed by atoms with Crippen LogP contribution in [-0.2, 0) is 4.57 Å². The summed E-state index contributed by atoms with van der Waals surface area (Å²) in [4.78, 5) is 25.6. The van der Waals surface area contributed by atoms with Gasteiger partial charge in [-0.25, -0.2) is 0 Å². The van der Waals surface area contributed by atoms with Crippen LogP contribution in [0.3, 0.4) is 0 Å². The van der Waals surface area contributed by atoms with Gasteiger partial charge in [-0.05, 0) is 0 Å². The average molecular weight is 723 g/mol. The third kappa shape index (κ3) is 80.5. The van der Waals surface area contributed by atoms with Crippen LogP contribution in [0.25, 0.3) is 0 Å². The summed E-state index contributed by atoms with van der Waals surface area (Å²) in [5, 5.41) is 0. The maximum absolute atomic E-state index is 8.55. The molecule has 0 unspecified atom stereocenters. The molecule has 0 aromatic carbocycles. The summed E-state index contributed by atoms with van der Waals surface area (Å²) in [5.74, 6) is 0. The van der Waals surface area contributed by atoms with Gasteiger partial charge < -0.3 is 19.2 Å². The van der Waals surface area contributed by atoms with Gasteiger partial charge >= 0.3 is 328 Å². The predicted octanol–water partition coefficient (Wildman–Crippen LogP) is 10.7. The van der Waals surface area contributed by atoms with Crippen molar-refractivity contribution in [2.24, 2.45) is 0 Å². The third-order valence-corrected chi connectivity index (χ3v) is 10.2. The molecule has 0 spiro atoms. The number of phosphoric acid groups is 1. The maximum atomic E-state index is 8.55. The molecule has 0 saturated carbocycles. The zero-order valence-corrected chi connectivity index (χ0v) is 38.1. The SMILES string of the molecule is CCCCCCCCCCC[CH2][Ca+].CCCCCCCCCCC[CH2][Ca+].CCCCCCCCCCC[CH2][Ca+].O=P([O-])([O-])[O-]. The van der Waals surface area contributed by atoms with Crippen LogP contribution in [0.5, 0.6) is 0 Å². The van der Waals surface area contributed by atoms with E-state index < -0.39 is 7.82 Å². The Morgan fingerprint density at radius 3 is 0.545 bits per heavy atom. The summed E-state index contributed by atoms with van der Waals surface area (Å²) in [5.41, 5.74) is 0. The van der Waals surface area contributed by atoms with Crippen molar-refractivity contribution in [1.82, 2.24) is 0 Å². The Morgan fingerprint density at radius 2 is 0.432 bits per heavy atom. The molecule has 0 aliphatic rings. The van der Waals surface area contributed by atoms with Crippen LogP contribution in [-0.4, -0.2) is 107 Å². The van der Waals surface area contributed by atoms with Gasteiger partial charge in [-0.2, -0.15) is 7.82 Å². The summed E-state index contributed by atoms with van der Waals surface area (Å²) in [6.45, 7) is 6.86. The van der Waals surface area contributed by atoms with Crippen molar-refractivity contribution < 1.29 is 19.2 Å². The Hall–Kier alpha value is 3.89. The first-order chi connectivity index (χ1) is 21.2. The number of hydrogen-bond acceptors (Lipinski definition) is 4. The van der Waals surface area contributed by atoms with E-state index in [2.05, 4.69) is 20.8 Å². The molecule has 44 heavy (non-hydrogen) atoms. The third-order valence-electron chi connectivity index (χ3n) is 7.81. The topological polar surface area (TPSA) is 86.2 Å². The first kappa shape index (κ1) is 54.7. The van der Waals surface area contributed by atoms with Crippen LogP contribution >= 0.6 is 7.82 Å². The first-order valence-corrected chi connectivity index (χ1v) is 25.5. The van der Waals surface area contributed by atoms with Gasteiger partial charge in [0.2, 0.25) is 0 Å². The maximum Gasteiger partial charge on any atom is -0.159 e. The fourth-order valence-electron chi connectivity index (χ4n) is 4.99. The molecule has 0 fully saturated rings. The minimum atomic E-state index is -5.39. The quantitative estimate of drug-likeness (QED) is 0.0420. The summed E-state index contributed by atoms with van der Waals surface area (Å²) in [7, 11) is -5.39. The molecule has 0 atom stereocenters. The van der Waals surface area contributed by atoms with Crippen molar-refractivity contribution in [3.8, 4) is 0 Å². The van der Waals surface area contributed by atoms with Gasteiger partial charge in [-0.3, -0.25) is 0 Å². The second-order valence-corrected chi connectivity index (χ2v) is 16.8. The molecule has 0 amide bonds. The van der Waals surface area contributed by atoms with Gasteiger partial charge in [0, 0.05) is 0 Å². The van der Waals surface area contributed by atoms with E-state index in [1.807, 2.05) is 0 Å². The van der Waals surface area contributed by atoms with E-state index in [0.29, 0.717) is 0 Å². The zero-order valence-electron chi connectivity index (χ0n) is 30.5. The molecule has 254 valence electrons. The summed E-state index contributed by atoms with van der Waals surface area (Å²) in [6, 6.07) is 0. The number of unbranched alkanes of at least 4 members (excludes halogenated alkanes) is 27. The normalized spacial score (nSPS) is 10.8. The fourth-order valence-corrected chi connectivity index (χ4v) is 6.65. The molecule has 0 radical (unpaired) electrons. The Labute approximate surface area is 350 Å². The molecule has 0 heterocycles. The summed E-state index contributed by atoms with van der Waals surface area (Å²) < 4.78 is 13.0. The van der Waals surface area contributed by atoms with E-state index in [1.165, 1.54) is 308 Å². The van der Waals surface area contributed by atoms with Gasteiger partial charge in [0.1, 0.15) is 0 Å². The fraction of sp³-hybridized carbons (Fsp3) is 1.00. The van der Waals surface area contributed by atoms with E-state index in [1.54, 1.807) is 0 Å². The second-order valence-electron chi connectivity index (χ2n) is 12.6. The molecule has 0 aromatic rings. The molecule has 8 heteroatoms. The molecule has 4 nitrogen and oxygen atoms in total. The largest absolute Gasteiger partial charge is 0.822 e. The number of rotatable bonds is 30. The predicted molar refractivity (Wildman–Crippen MR) is 195 cm³/mol. The molecule has 0 bridgehead atoms. The second kappa shape index (κ2) is 53.7. The van der Waals surface area contributed by atoms with E-state index in [-0.39, 0.29) is 0 Å². The van der Waals surface area contributed by atoms with Gasteiger partial charge in [0.05, 0.1) is 0 Å². The average Bonchev–Trinajstić information content (AvgIpc) is 2.98. The molecule has 0 rings (SSSR count). The van der Waals surface area contributed by atoms with Crippen molar-refractivity contribution in [2.75, 3.05) is 0 Å². The molecular formula is C36H75Ca3O4P. The molecule has 0 N–H and O–H groups in total. The molecule has 0 aliphatic heterocycles. The Bertz CT molecular complexity index is 405.